The molecule has 0 aliphatic carbocycles. The molecule has 1 heterocycles. The molecule has 0 saturated carbocycles. The maximum absolute atomic E-state index is 3.61. The van der Waals surface area contributed by atoms with Crippen molar-refractivity contribution in [2.24, 2.45) is 0 Å². The molecule has 0 fully saturated rings. The van der Waals surface area contributed by atoms with E-state index in [2.05, 4.69) is 45.3 Å². The Labute approximate surface area is 108 Å². The van der Waals surface area contributed by atoms with Gasteiger partial charge in [0, 0.05) is 21.0 Å². The molecule has 3 heteroatoms. The Morgan fingerprint density at radius 3 is 2.56 bits per heavy atom. The first-order chi connectivity index (χ1) is 7.54. The Hall–Kier alpha value is 0.01000. The average molecular weight is 257 g/mol. The van der Waals surface area contributed by atoms with Gasteiger partial charge < -0.3 is 5.32 Å². The summed E-state index contributed by atoms with van der Waals surface area (Å²) in [6.45, 7) is 10.1. The molecular formula is C13H23NS2. The molecule has 0 aliphatic heterocycles. The second kappa shape index (κ2) is 6.67. The van der Waals surface area contributed by atoms with Crippen molar-refractivity contribution in [1.82, 2.24) is 5.32 Å². The molecule has 0 spiro atoms. The summed E-state index contributed by atoms with van der Waals surface area (Å²) in [5, 5.41) is 4.37. The van der Waals surface area contributed by atoms with Crippen LogP contribution in [0.5, 0.6) is 0 Å². The van der Waals surface area contributed by atoms with Crippen LogP contribution in [0.15, 0.2) is 6.07 Å². The predicted molar refractivity (Wildman–Crippen MR) is 77.8 cm³/mol. The Balaban J connectivity index is 2.40. The molecule has 0 bridgehead atoms. The molecule has 1 N–H and O–H groups in total. The highest BCUT2D eigenvalue weighted by molar-refractivity contribution is 7.99. The third-order valence-electron chi connectivity index (χ3n) is 2.95. The van der Waals surface area contributed by atoms with Crippen molar-refractivity contribution in [2.75, 3.05) is 12.8 Å². The molecule has 2 atom stereocenters. The van der Waals surface area contributed by atoms with E-state index in [-0.39, 0.29) is 0 Å². The Bertz CT molecular complexity index is 320. The molecule has 92 valence electrons. The van der Waals surface area contributed by atoms with Crippen LogP contribution in [0.2, 0.25) is 0 Å². The van der Waals surface area contributed by atoms with Gasteiger partial charge in [-0.2, -0.15) is 11.8 Å². The summed E-state index contributed by atoms with van der Waals surface area (Å²) in [6, 6.07) is 2.80. The van der Waals surface area contributed by atoms with E-state index in [4.69, 9.17) is 0 Å². The molecule has 16 heavy (non-hydrogen) atoms. The van der Waals surface area contributed by atoms with E-state index in [1.165, 1.54) is 21.7 Å². The van der Waals surface area contributed by atoms with Crippen molar-refractivity contribution < 1.29 is 0 Å². The molecule has 0 aromatic carbocycles. The third kappa shape index (κ3) is 4.11. The minimum absolute atomic E-state index is 0.485. The summed E-state index contributed by atoms with van der Waals surface area (Å²) in [6.07, 6.45) is 3.42. The highest BCUT2D eigenvalue weighted by atomic mass is 32.2. The van der Waals surface area contributed by atoms with Crippen LogP contribution in [0.1, 0.15) is 41.6 Å². The zero-order valence-corrected chi connectivity index (χ0v) is 12.6. The molecule has 1 aromatic rings. The van der Waals surface area contributed by atoms with Gasteiger partial charge in [-0.1, -0.05) is 6.92 Å². The lowest BCUT2D eigenvalue weighted by Crippen LogP contribution is -2.22. The highest BCUT2D eigenvalue weighted by Crippen LogP contribution is 2.26. The lowest BCUT2D eigenvalue weighted by Gasteiger charge is -2.15. The van der Waals surface area contributed by atoms with Gasteiger partial charge in [-0.3, -0.25) is 0 Å². The molecule has 0 radical (unpaired) electrons. The quantitative estimate of drug-likeness (QED) is 0.821. The maximum Gasteiger partial charge on any atom is 0.0302 e. The van der Waals surface area contributed by atoms with Crippen molar-refractivity contribution in [2.45, 2.75) is 45.4 Å². The molecule has 1 aromatic heterocycles. The van der Waals surface area contributed by atoms with Crippen LogP contribution in [0, 0.1) is 13.8 Å². The van der Waals surface area contributed by atoms with Crippen LogP contribution in [0.3, 0.4) is 0 Å². The monoisotopic (exact) mass is 257 g/mol. The van der Waals surface area contributed by atoms with Crippen LogP contribution >= 0.6 is 23.1 Å². The first-order valence-corrected chi connectivity index (χ1v) is 7.98. The summed E-state index contributed by atoms with van der Waals surface area (Å²) in [7, 11) is 0. The molecule has 1 rings (SSSR count). The van der Waals surface area contributed by atoms with E-state index in [0.717, 1.165) is 11.8 Å². The summed E-state index contributed by atoms with van der Waals surface area (Å²) in [5.41, 5.74) is 1.47. The summed E-state index contributed by atoms with van der Waals surface area (Å²) in [5.74, 6) is 0. The van der Waals surface area contributed by atoms with E-state index < -0.39 is 0 Å². The fourth-order valence-corrected chi connectivity index (χ4v) is 3.19. The van der Waals surface area contributed by atoms with Crippen LogP contribution in [-0.4, -0.2) is 18.1 Å². The molecule has 1 nitrogen and oxygen atoms in total. The zero-order valence-electron chi connectivity index (χ0n) is 11.0. The van der Waals surface area contributed by atoms with E-state index in [1.807, 2.05) is 23.1 Å². The second-order valence-electron chi connectivity index (χ2n) is 4.38. The minimum atomic E-state index is 0.485. The number of nitrogens with one attached hydrogen (secondary N) is 1. The predicted octanol–water partition coefficient (Wildman–Crippen LogP) is 4.16. The van der Waals surface area contributed by atoms with E-state index in [0.29, 0.717) is 6.04 Å². The van der Waals surface area contributed by atoms with Crippen molar-refractivity contribution in [3.8, 4) is 0 Å². The van der Waals surface area contributed by atoms with Gasteiger partial charge in [-0.25, -0.2) is 0 Å². The van der Waals surface area contributed by atoms with Crippen molar-refractivity contribution in [1.29, 1.82) is 0 Å². The number of hydrogen-bond acceptors (Lipinski definition) is 3. The normalized spacial score (nSPS) is 15.1. The number of thioether (sulfide) groups is 1. The van der Waals surface area contributed by atoms with Gasteiger partial charge in [0.15, 0.2) is 0 Å². The first-order valence-electron chi connectivity index (χ1n) is 5.87. The van der Waals surface area contributed by atoms with Crippen LogP contribution in [0.25, 0.3) is 0 Å². The molecule has 0 aliphatic rings. The lowest BCUT2D eigenvalue weighted by molar-refractivity contribution is 0.557. The van der Waals surface area contributed by atoms with Crippen molar-refractivity contribution >= 4 is 23.1 Å². The fourth-order valence-electron chi connectivity index (χ4n) is 1.81. The van der Waals surface area contributed by atoms with Gasteiger partial charge in [0.25, 0.3) is 0 Å². The van der Waals surface area contributed by atoms with E-state index in [1.54, 1.807) is 0 Å². The number of thiophene rings is 1. The smallest absolute Gasteiger partial charge is 0.0302 e. The number of aryl methyl sites for hydroxylation is 2. The van der Waals surface area contributed by atoms with Crippen LogP contribution in [0.4, 0.5) is 0 Å². The van der Waals surface area contributed by atoms with Gasteiger partial charge in [-0.05, 0) is 51.6 Å². The molecule has 2 unspecified atom stereocenters. The number of hydrogen-bond donors (Lipinski definition) is 1. The van der Waals surface area contributed by atoms with Gasteiger partial charge in [0.1, 0.15) is 0 Å². The number of rotatable bonds is 6. The van der Waals surface area contributed by atoms with E-state index in [9.17, 15) is 0 Å². The zero-order chi connectivity index (χ0) is 12.1. The van der Waals surface area contributed by atoms with Gasteiger partial charge in [-0.15, -0.1) is 11.3 Å². The minimum Gasteiger partial charge on any atom is -0.310 e. The van der Waals surface area contributed by atoms with E-state index >= 15 is 0 Å². The van der Waals surface area contributed by atoms with Gasteiger partial charge in [0.05, 0.1) is 0 Å². The third-order valence-corrected chi connectivity index (χ3v) is 4.97. The van der Waals surface area contributed by atoms with Crippen LogP contribution < -0.4 is 5.32 Å². The fraction of sp³-hybridized carbons (Fsp3) is 0.692. The summed E-state index contributed by atoms with van der Waals surface area (Å²) >= 11 is 3.84. The Morgan fingerprint density at radius 1 is 1.38 bits per heavy atom. The molecular weight excluding hydrogens is 234 g/mol. The van der Waals surface area contributed by atoms with Crippen LogP contribution in [-0.2, 0) is 0 Å². The van der Waals surface area contributed by atoms with Gasteiger partial charge >= 0.3 is 0 Å². The average Bonchev–Trinajstić information content (AvgIpc) is 2.57. The standard InChI is InChI=1S/C13H23NS2/c1-9(15-5)6-7-14-11(3)13-8-10(2)16-12(13)4/h8-9,11,14H,6-7H2,1-5H3. The largest absolute Gasteiger partial charge is 0.310 e. The molecule has 0 saturated heterocycles. The SMILES string of the molecule is CSC(C)CCNC(C)c1cc(C)sc1C. The Morgan fingerprint density at radius 2 is 2.06 bits per heavy atom. The second-order valence-corrected chi connectivity index (χ2v) is 7.12. The first kappa shape index (κ1) is 14.1. The summed E-state index contributed by atoms with van der Waals surface area (Å²) in [4.78, 5) is 2.87. The maximum atomic E-state index is 3.61. The lowest BCUT2D eigenvalue weighted by atomic mass is 10.1. The van der Waals surface area contributed by atoms with Gasteiger partial charge in [0.2, 0.25) is 0 Å². The van der Waals surface area contributed by atoms with Crippen molar-refractivity contribution in [3.05, 3.63) is 21.4 Å². The van der Waals surface area contributed by atoms with Crippen molar-refractivity contribution in [3.63, 3.8) is 0 Å². The Kier molecular flexibility index (Phi) is 5.87. The summed E-state index contributed by atoms with van der Waals surface area (Å²) < 4.78 is 0. The highest BCUT2D eigenvalue weighted by Gasteiger charge is 2.10. The topological polar surface area (TPSA) is 12.0 Å². The molecule has 0 amide bonds.